The first-order chi connectivity index (χ1) is 11.3. The molecule has 0 aliphatic rings. The first-order valence-corrected chi connectivity index (χ1v) is 7.60. The SMILES string of the molecule is [2H]C([2H])([2H])Oc1ccc(C(C(N)=O)N(CCCC)CCCC)cc1. The third kappa shape index (κ3) is 5.38. The van der Waals surface area contributed by atoms with E-state index in [2.05, 4.69) is 18.7 Å². The van der Waals surface area contributed by atoms with Gasteiger partial charge in [-0.15, -0.1) is 0 Å². The molecule has 21 heavy (non-hydrogen) atoms. The molecule has 0 heterocycles. The smallest absolute Gasteiger partial charge is 0.239 e. The fraction of sp³-hybridized carbons (Fsp3) is 0.588. The number of rotatable bonds is 10. The minimum absolute atomic E-state index is 0.246. The molecule has 0 saturated heterocycles. The van der Waals surface area contributed by atoms with Gasteiger partial charge in [0.2, 0.25) is 5.91 Å². The molecule has 0 aromatic heterocycles. The van der Waals surface area contributed by atoms with Crippen molar-refractivity contribution in [1.29, 1.82) is 0 Å². The Morgan fingerprint density at radius 2 is 1.81 bits per heavy atom. The van der Waals surface area contributed by atoms with Gasteiger partial charge in [0.15, 0.2) is 0 Å². The number of carbonyl (C=O) groups excluding carboxylic acids is 1. The predicted molar refractivity (Wildman–Crippen MR) is 86.3 cm³/mol. The van der Waals surface area contributed by atoms with Gasteiger partial charge in [0.1, 0.15) is 11.8 Å². The van der Waals surface area contributed by atoms with Crippen LogP contribution in [0.1, 0.15) is 55.2 Å². The molecule has 0 aliphatic heterocycles. The number of nitrogens with zero attached hydrogens (tertiary/aromatic N) is 1. The van der Waals surface area contributed by atoms with Crippen LogP contribution in [0.15, 0.2) is 24.3 Å². The Hall–Kier alpha value is -1.55. The standard InChI is InChI=1S/C17H28N2O2/c1-4-6-12-19(13-7-5-2)16(17(18)20)14-8-10-15(21-3)11-9-14/h8-11,16H,4-7,12-13H2,1-3H3,(H2,18,20)/i3D3. The van der Waals surface area contributed by atoms with Crippen molar-refractivity contribution in [3.63, 3.8) is 0 Å². The van der Waals surface area contributed by atoms with E-state index < -0.39 is 19.0 Å². The Labute approximate surface area is 132 Å². The summed E-state index contributed by atoms with van der Waals surface area (Å²) in [5, 5.41) is 0. The number of hydrogen-bond donors (Lipinski definition) is 1. The average molecular weight is 295 g/mol. The first kappa shape index (κ1) is 13.1. The van der Waals surface area contributed by atoms with Crippen molar-refractivity contribution in [1.82, 2.24) is 4.90 Å². The van der Waals surface area contributed by atoms with Crippen LogP contribution in [0.4, 0.5) is 0 Å². The molecule has 0 spiro atoms. The Kier molecular flexibility index (Phi) is 5.88. The number of amides is 1. The van der Waals surface area contributed by atoms with E-state index in [0.717, 1.165) is 44.3 Å². The summed E-state index contributed by atoms with van der Waals surface area (Å²) in [6, 6.07) is 6.04. The summed E-state index contributed by atoms with van der Waals surface area (Å²) in [5.74, 6) is -0.151. The lowest BCUT2D eigenvalue weighted by molar-refractivity contribution is -0.123. The lowest BCUT2D eigenvalue weighted by Crippen LogP contribution is -2.39. The zero-order valence-electron chi connectivity index (χ0n) is 16.0. The Morgan fingerprint density at radius 1 is 1.24 bits per heavy atom. The van der Waals surface area contributed by atoms with Crippen molar-refractivity contribution in [2.24, 2.45) is 5.73 Å². The van der Waals surface area contributed by atoms with Gasteiger partial charge in [-0.25, -0.2) is 0 Å². The minimum Gasteiger partial charge on any atom is -0.497 e. The summed E-state index contributed by atoms with van der Waals surface area (Å²) in [7, 11) is -2.49. The van der Waals surface area contributed by atoms with Crippen LogP contribution in [-0.2, 0) is 4.79 Å². The zero-order valence-corrected chi connectivity index (χ0v) is 13.0. The molecular weight excluding hydrogens is 264 g/mol. The third-order valence-corrected chi connectivity index (χ3v) is 3.55. The van der Waals surface area contributed by atoms with Crippen molar-refractivity contribution < 1.29 is 13.6 Å². The molecule has 4 nitrogen and oxygen atoms in total. The molecule has 0 saturated carbocycles. The second kappa shape index (κ2) is 9.40. The number of methoxy groups -OCH3 is 1. The van der Waals surface area contributed by atoms with Gasteiger partial charge in [-0.1, -0.05) is 38.8 Å². The summed E-state index contributed by atoms with van der Waals surface area (Å²) in [6.07, 6.45) is 4.07. The molecule has 1 atom stereocenters. The molecule has 0 radical (unpaired) electrons. The Bertz CT molecular complexity index is 496. The molecular formula is C17H28N2O2. The number of hydrogen-bond acceptors (Lipinski definition) is 3. The third-order valence-electron chi connectivity index (χ3n) is 3.55. The van der Waals surface area contributed by atoms with Gasteiger partial charge in [0, 0.05) is 0 Å². The molecule has 1 unspecified atom stereocenters. The maximum atomic E-state index is 12.0. The maximum absolute atomic E-state index is 12.0. The fourth-order valence-electron chi connectivity index (χ4n) is 2.37. The van der Waals surface area contributed by atoms with Crippen molar-refractivity contribution in [3.8, 4) is 5.75 Å². The van der Waals surface area contributed by atoms with Crippen LogP contribution in [0.3, 0.4) is 0 Å². The van der Waals surface area contributed by atoms with E-state index in [1.54, 1.807) is 24.3 Å². The first-order valence-electron chi connectivity index (χ1n) is 9.10. The average Bonchev–Trinajstić information content (AvgIpc) is 2.49. The van der Waals surface area contributed by atoms with E-state index in [1.807, 2.05) is 0 Å². The molecule has 0 fully saturated rings. The normalized spacial score (nSPS) is 15.1. The summed E-state index contributed by atoms with van der Waals surface area (Å²) < 4.78 is 26.2. The number of nitrogens with two attached hydrogens (primary N) is 1. The maximum Gasteiger partial charge on any atom is 0.239 e. The topological polar surface area (TPSA) is 55.6 Å². The van der Waals surface area contributed by atoms with Crippen LogP contribution in [0.2, 0.25) is 0 Å². The summed E-state index contributed by atoms with van der Waals surface area (Å²) in [4.78, 5) is 14.1. The van der Waals surface area contributed by atoms with Gasteiger partial charge >= 0.3 is 0 Å². The van der Waals surface area contributed by atoms with E-state index in [1.165, 1.54) is 0 Å². The van der Waals surface area contributed by atoms with Crippen molar-refractivity contribution in [3.05, 3.63) is 29.8 Å². The summed E-state index contributed by atoms with van der Waals surface area (Å²) in [6.45, 7) is 5.83. The largest absolute Gasteiger partial charge is 0.497 e. The molecule has 2 N–H and O–H groups in total. The van der Waals surface area contributed by atoms with Gasteiger partial charge in [0.05, 0.1) is 11.2 Å². The van der Waals surface area contributed by atoms with E-state index in [0.29, 0.717) is 0 Å². The molecule has 1 rings (SSSR count). The minimum atomic E-state index is -2.49. The number of ether oxygens (including phenoxy) is 1. The van der Waals surface area contributed by atoms with E-state index in [-0.39, 0.29) is 5.75 Å². The number of benzene rings is 1. The van der Waals surface area contributed by atoms with Crippen LogP contribution >= 0.6 is 0 Å². The van der Waals surface area contributed by atoms with Gasteiger partial charge in [-0.2, -0.15) is 0 Å². The van der Waals surface area contributed by atoms with Crippen LogP contribution in [0.5, 0.6) is 5.75 Å². The Morgan fingerprint density at radius 3 is 2.24 bits per heavy atom. The molecule has 0 bridgehead atoms. The van der Waals surface area contributed by atoms with Gasteiger partial charge in [-0.05, 0) is 43.6 Å². The van der Waals surface area contributed by atoms with Crippen LogP contribution < -0.4 is 10.5 Å². The second-order valence-electron chi connectivity index (χ2n) is 5.22. The number of carbonyl (C=O) groups is 1. The highest BCUT2D eigenvalue weighted by molar-refractivity contribution is 5.81. The Balaban J connectivity index is 2.97. The van der Waals surface area contributed by atoms with E-state index in [9.17, 15) is 4.79 Å². The summed E-state index contributed by atoms with van der Waals surface area (Å²) >= 11 is 0. The number of unbranched alkanes of at least 4 members (excludes halogenated alkanes) is 2. The monoisotopic (exact) mass is 295 g/mol. The van der Waals surface area contributed by atoms with E-state index >= 15 is 0 Å². The van der Waals surface area contributed by atoms with Crippen LogP contribution in [0, 0.1) is 0 Å². The molecule has 0 aliphatic carbocycles. The predicted octanol–water partition coefficient (Wildman–Crippen LogP) is 3.12. The van der Waals surface area contributed by atoms with E-state index in [4.69, 9.17) is 14.6 Å². The van der Waals surface area contributed by atoms with Crippen molar-refractivity contribution in [2.45, 2.75) is 45.6 Å². The van der Waals surface area contributed by atoms with Crippen LogP contribution in [0.25, 0.3) is 0 Å². The van der Waals surface area contributed by atoms with Crippen molar-refractivity contribution >= 4 is 5.91 Å². The second-order valence-corrected chi connectivity index (χ2v) is 5.22. The quantitative estimate of drug-likeness (QED) is 0.721. The molecule has 1 amide bonds. The van der Waals surface area contributed by atoms with Gasteiger partial charge in [-0.3, -0.25) is 9.69 Å². The van der Waals surface area contributed by atoms with Gasteiger partial charge in [0.25, 0.3) is 0 Å². The molecule has 1 aromatic carbocycles. The molecule has 1 aromatic rings. The highest BCUT2D eigenvalue weighted by Crippen LogP contribution is 2.24. The highest BCUT2D eigenvalue weighted by Gasteiger charge is 2.24. The molecule has 118 valence electrons. The fourth-order valence-corrected chi connectivity index (χ4v) is 2.37. The van der Waals surface area contributed by atoms with Gasteiger partial charge < -0.3 is 10.5 Å². The van der Waals surface area contributed by atoms with Crippen LogP contribution in [-0.4, -0.2) is 30.9 Å². The zero-order chi connectivity index (χ0) is 18.2. The number of primary amides is 1. The summed E-state index contributed by atoms with van der Waals surface area (Å²) in [5.41, 5.74) is 6.41. The lowest BCUT2D eigenvalue weighted by atomic mass is 10.0. The highest BCUT2D eigenvalue weighted by atomic mass is 16.5. The lowest BCUT2D eigenvalue weighted by Gasteiger charge is -2.30. The van der Waals surface area contributed by atoms with Crippen molar-refractivity contribution in [2.75, 3.05) is 20.1 Å². The molecule has 4 heteroatoms.